The molecule has 0 aromatic rings. The van der Waals surface area contributed by atoms with Crippen molar-refractivity contribution in [3.8, 4) is 0 Å². The maximum absolute atomic E-state index is 5.56. The maximum Gasteiger partial charge on any atom is 0.179 e. The van der Waals surface area contributed by atoms with Crippen LogP contribution in [-0.4, -0.2) is 22.3 Å². The molecule has 1 saturated heterocycles. The van der Waals surface area contributed by atoms with Gasteiger partial charge in [0.1, 0.15) is 0 Å². The van der Waals surface area contributed by atoms with Crippen molar-refractivity contribution >= 4 is 10.2 Å². The first kappa shape index (κ1) is 8.81. The lowest BCUT2D eigenvalue weighted by atomic mass is 10.2. The third-order valence-corrected chi connectivity index (χ3v) is 2.91. The topological polar surface area (TPSA) is 18.5 Å². The molecule has 1 unspecified atom stereocenters. The van der Waals surface area contributed by atoms with E-state index in [0.29, 0.717) is 0 Å². The minimum absolute atomic E-state index is 0.218. The molecule has 1 aliphatic heterocycles. The SMILES string of the molecule is CC=COC1([SiH3])CCCCO1. The third-order valence-electron chi connectivity index (χ3n) is 1.89. The predicted octanol–water partition coefficient (Wildman–Crippen LogP) is 0.756. The fourth-order valence-corrected chi connectivity index (χ4v) is 1.91. The second-order valence-electron chi connectivity index (χ2n) is 3.03. The van der Waals surface area contributed by atoms with Crippen LogP contribution in [0.25, 0.3) is 0 Å². The largest absolute Gasteiger partial charge is 0.475 e. The van der Waals surface area contributed by atoms with Gasteiger partial charge in [-0.3, -0.25) is 0 Å². The molecule has 0 bridgehead atoms. The monoisotopic (exact) mass is 172 g/mol. The van der Waals surface area contributed by atoms with Gasteiger partial charge in [-0.15, -0.1) is 0 Å². The Morgan fingerprint density at radius 1 is 1.55 bits per heavy atom. The lowest BCUT2D eigenvalue weighted by Gasteiger charge is -2.33. The average Bonchev–Trinajstić information content (AvgIpc) is 2.03. The highest BCUT2D eigenvalue weighted by atomic mass is 28.1. The van der Waals surface area contributed by atoms with Crippen LogP contribution in [0.5, 0.6) is 0 Å². The fourth-order valence-electron chi connectivity index (χ4n) is 1.21. The highest BCUT2D eigenvalue weighted by Gasteiger charge is 2.27. The maximum atomic E-state index is 5.56. The van der Waals surface area contributed by atoms with E-state index in [1.807, 2.05) is 13.0 Å². The minimum atomic E-state index is -0.218. The van der Waals surface area contributed by atoms with Gasteiger partial charge in [0, 0.05) is 6.42 Å². The molecule has 0 N–H and O–H groups in total. The van der Waals surface area contributed by atoms with Crippen LogP contribution in [0.4, 0.5) is 0 Å². The van der Waals surface area contributed by atoms with E-state index in [9.17, 15) is 0 Å². The molecule has 1 aliphatic rings. The predicted molar refractivity (Wildman–Crippen MR) is 48.4 cm³/mol. The molecular weight excluding hydrogens is 156 g/mol. The number of hydrogen-bond acceptors (Lipinski definition) is 2. The van der Waals surface area contributed by atoms with Gasteiger partial charge in [-0.1, -0.05) is 6.08 Å². The van der Waals surface area contributed by atoms with E-state index in [0.717, 1.165) is 23.3 Å². The van der Waals surface area contributed by atoms with Crippen LogP contribution in [0.15, 0.2) is 12.3 Å². The Bertz CT molecular complexity index is 139. The van der Waals surface area contributed by atoms with Gasteiger partial charge in [0.05, 0.1) is 23.1 Å². The summed E-state index contributed by atoms with van der Waals surface area (Å²) in [5.41, 5.74) is -0.218. The van der Waals surface area contributed by atoms with E-state index in [2.05, 4.69) is 0 Å². The van der Waals surface area contributed by atoms with Gasteiger partial charge in [0.2, 0.25) is 0 Å². The summed E-state index contributed by atoms with van der Waals surface area (Å²) in [4.78, 5) is 0. The molecule has 1 fully saturated rings. The van der Waals surface area contributed by atoms with E-state index in [1.165, 1.54) is 12.8 Å². The van der Waals surface area contributed by atoms with Gasteiger partial charge in [0.25, 0.3) is 0 Å². The van der Waals surface area contributed by atoms with Crippen molar-refractivity contribution in [2.75, 3.05) is 6.61 Å². The van der Waals surface area contributed by atoms with Gasteiger partial charge < -0.3 is 9.47 Å². The number of allylic oxidation sites excluding steroid dienone is 1. The van der Waals surface area contributed by atoms with Crippen molar-refractivity contribution in [2.45, 2.75) is 31.6 Å². The summed E-state index contributed by atoms with van der Waals surface area (Å²) in [6.07, 6.45) is 7.11. The van der Waals surface area contributed by atoms with Crippen LogP contribution >= 0.6 is 0 Å². The normalized spacial score (nSPS) is 32.8. The van der Waals surface area contributed by atoms with Crippen molar-refractivity contribution in [1.29, 1.82) is 0 Å². The summed E-state index contributed by atoms with van der Waals surface area (Å²) in [5, 5.41) is 0. The van der Waals surface area contributed by atoms with Gasteiger partial charge in [-0.25, -0.2) is 0 Å². The van der Waals surface area contributed by atoms with Crippen LogP contribution in [0, 0.1) is 0 Å². The van der Waals surface area contributed by atoms with Crippen LogP contribution in [0.3, 0.4) is 0 Å². The van der Waals surface area contributed by atoms with E-state index in [1.54, 1.807) is 6.26 Å². The Hall–Kier alpha value is -0.283. The molecule has 3 heteroatoms. The molecule has 1 atom stereocenters. The van der Waals surface area contributed by atoms with Crippen LogP contribution < -0.4 is 0 Å². The molecule has 0 aliphatic carbocycles. The molecule has 0 spiro atoms. The molecule has 0 aromatic carbocycles. The minimum Gasteiger partial charge on any atom is -0.475 e. The Morgan fingerprint density at radius 3 is 2.91 bits per heavy atom. The third kappa shape index (κ3) is 2.67. The van der Waals surface area contributed by atoms with E-state index >= 15 is 0 Å². The zero-order chi connectivity index (χ0) is 8.16. The van der Waals surface area contributed by atoms with E-state index < -0.39 is 0 Å². The molecule has 0 radical (unpaired) electrons. The Balaban J connectivity index is 2.37. The molecule has 0 aromatic heterocycles. The van der Waals surface area contributed by atoms with Gasteiger partial charge in [-0.2, -0.15) is 0 Å². The lowest BCUT2D eigenvalue weighted by molar-refractivity contribution is -0.167. The fraction of sp³-hybridized carbons (Fsp3) is 0.750. The molecule has 64 valence electrons. The Kier molecular flexibility index (Phi) is 3.14. The van der Waals surface area contributed by atoms with Gasteiger partial charge in [0.15, 0.2) is 5.41 Å². The summed E-state index contributed by atoms with van der Waals surface area (Å²) in [7, 11) is 0.949. The molecule has 2 nitrogen and oxygen atoms in total. The highest BCUT2D eigenvalue weighted by Crippen LogP contribution is 2.22. The van der Waals surface area contributed by atoms with Crippen LogP contribution in [0.2, 0.25) is 0 Å². The summed E-state index contributed by atoms with van der Waals surface area (Å²) >= 11 is 0. The highest BCUT2D eigenvalue weighted by molar-refractivity contribution is 6.13. The molecule has 1 heterocycles. The van der Waals surface area contributed by atoms with Crippen molar-refractivity contribution in [3.05, 3.63) is 12.3 Å². The van der Waals surface area contributed by atoms with Crippen molar-refractivity contribution in [3.63, 3.8) is 0 Å². The first-order valence-electron chi connectivity index (χ1n) is 4.20. The smallest absolute Gasteiger partial charge is 0.179 e. The second kappa shape index (κ2) is 3.92. The van der Waals surface area contributed by atoms with Gasteiger partial charge >= 0.3 is 0 Å². The zero-order valence-electron chi connectivity index (χ0n) is 7.30. The van der Waals surface area contributed by atoms with Crippen molar-refractivity contribution in [1.82, 2.24) is 0 Å². The molecule has 0 saturated carbocycles. The number of ether oxygens (including phenoxy) is 2. The number of hydrogen-bond donors (Lipinski definition) is 0. The molecule has 1 rings (SSSR count). The zero-order valence-corrected chi connectivity index (χ0v) is 9.30. The van der Waals surface area contributed by atoms with Crippen LogP contribution in [0.1, 0.15) is 26.2 Å². The van der Waals surface area contributed by atoms with Crippen molar-refractivity contribution < 1.29 is 9.47 Å². The Morgan fingerprint density at radius 2 is 2.36 bits per heavy atom. The lowest BCUT2D eigenvalue weighted by Crippen LogP contribution is -2.38. The van der Waals surface area contributed by atoms with E-state index in [-0.39, 0.29) is 5.41 Å². The summed E-state index contributed by atoms with van der Waals surface area (Å²) in [5.74, 6) is 0. The van der Waals surface area contributed by atoms with Crippen molar-refractivity contribution in [2.24, 2.45) is 0 Å². The molecule has 0 amide bonds. The first-order chi connectivity index (χ1) is 5.27. The van der Waals surface area contributed by atoms with Gasteiger partial charge in [-0.05, 0) is 19.8 Å². The first-order valence-corrected chi connectivity index (χ1v) is 5.20. The Labute approximate surface area is 71.0 Å². The average molecular weight is 172 g/mol. The van der Waals surface area contributed by atoms with Crippen LogP contribution in [-0.2, 0) is 9.47 Å². The molecular formula is C8H16O2Si. The molecule has 11 heavy (non-hydrogen) atoms. The standard InChI is InChI=1S/C8H16O2Si/c1-2-6-9-8(11)5-3-4-7-10-8/h2,6H,3-5,7H2,1,11H3. The summed E-state index contributed by atoms with van der Waals surface area (Å²) < 4.78 is 11.0. The number of rotatable bonds is 2. The quantitative estimate of drug-likeness (QED) is 0.452. The summed E-state index contributed by atoms with van der Waals surface area (Å²) in [6.45, 7) is 2.81. The summed E-state index contributed by atoms with van der Waals surface area (Å²) in [6, 6.07) is 0. The second-order valence-corrected chi connectivity index (χ2v) is 4.55. The van der Waals surface area contributed by atoms with E-state index in [4.69, 9.17) is 9.47 Å².